The summed E-state index contributed by atoms with van der Waals surface area (Å²) in [6.07, 6.45) is 3.04. The Morgan fingerprint density at radius 1 is 1.53 bits per heavy atom. The standard InChI is InChI=1S/C13H22N4/c1-4-12-8-17(10(2)7-15-12)9-13-5-6-14-11(3)16-13/h5-6,10,12,15H,4,7-9H2,1-3H3. The van der Waals surface area contributed by atoms with Crippen molar-refractivity contribution in [3.8, 4) is 0 Å². The van der Waals surface area contributed by atoms with Crippen molar-refractivity contribution in [1.82, 2.24) is 20.2 Å². The van der Waals surface area contributed by atoms with E-state index in [0.717, 1.165) is 31.2 Å². The molecule has 4 heteroatoms. The highest BCUT2D eigenvalue weighted by molar-refractivity contribution is 5.02. The Labute approximate surface area is 103 Å². The molecule has 17 heavy (non-hydrogen) atoms. The second-order valence-electron chi connectivity index (χ2n) is 4.89. The molecule has 0 aromatic carbocycles. The summed E-state index contributed by atoms with van der Waals surface area (Å²) in [6.45, 7) is 9.57. The van der Waals surface area contributed by atoms with E-state index >= 15 is 0 Å². The summed E-state index contributed by atoms with van der Waals surface area (Å²) >= 11 is 0. The summed E-state index contributed by atoms with van der Waals surface area (Å²) in [5, 5.41) is 3.57. The van der Waals surface area contributed by atoms with Gasteiger partial charge in [0.2, 0.25) is 0 Å². The fraction of sp³-hybridized carbons (Fsp3) is 0.692. The van der Waals surface area contributed by atoms with E-state index in [9.17, 15) is 0 Å². The first kappa shape index (κ1) is 12.5. The first-order valence-electron chi connectivity index (χ1n) is 6.45. The molecule has 94 valence electrons. The van der Waals surface area contributed by atoms with Crippen molar-refractivity contribution in [3.63, 3.8) is 0 Å². The van der Waals surface area contributed by atoms with Gasteiger partial charge >= 0.3 is 0 Å². The van der Waals surface area contributed by atoms with Crippen LogP contribution in [0.25, 0.3) is 0 Å². The molecule has 2 atom stereocenters. The molecule has 0 amide bonds. The molecular weight excluding hydrogens is 212 g/mol. The van der Waals surface area contributed by atoms with Crippen molar-refractivity contribution in [1.29, 1.82) is 0 Å². The van der Waals surface area contributed by atoms with Gasteiger partial charge in [-0.1, -0.05) is 6.92 Å². The number of hydrogen-bond acceptors (Lipinski definition) is 4. The van der Waals surface area contributed by atoms with E-state index in [0.29, 0.717) is 12.1 Å². The van der Waals surface area contributed by atoms with Gasteiger partial charge in [-0.25, -0.2) is 9.97 Å². The molecule has 1 fully saturated rings. The zero-order chi connectivity index (χ0) is 12.3. The molecule has 4 nitrogen and oxygen atoms in total. The summed E-state index contributed by atoms with van der Waals surface area (Å²) in [5.74, 6) is 0.859. The van der Waals surface area contributed by atoms with Crippen LogP contribution in [0.3, 0.4) is 0 Å². The van der Waals surface area contributed by atoms with Crippen LogP contribution in [-0.4, -0.2) is 40.0 Å². The van der Waals surface area contributed by atoms with Crippen LogP contribution >= 0.6 is 0 Å². The Balaban J connectivity index is 2.01. The van der Waals surface area contributed by atoms with Gasteiger partial charge in [0.1, 0.15) is 5.82 Å². The zero-order valence-electron chi connectivity index (χ0n) is 11.0. The van der Waals surface area contributed by atoms with Crippen LogP contribution in [0.15, 0.2) is 12.3 Å². The quantitative estimate of drug-likeness (QED) is 0.857. The lowest BCUT2D eigenvalue weighted by Crippen LogP contribution is -2.54. The summed E-state index contributed by atoms with van der Waals surface area (Å²) in [5.41, 5.74) is 1.13. The van der Waals surface area contributed by atoms with Gasteiger partial charge in [-0.15, -0.1) is 0 Å². The Morgan fingerprint density at radius 2 is 2.35 bits per heavy atom. The van der Waals surface area contributed by atoms with E-state index in [-0.39, 0.29) is 0 Å². The first-order valence-corrected chi connectivity index (χ1v) is 6.45. The maximum Gasteiger partial charge on any atom is 0.125 e. The van der Waals surface area contributed by atoms with E-state index < -0.39 is 0 Å². The largest absolute Gasteiger partial charge is 0.311 e. The molecule has 1 aromatic heterocycles. The van der Waals surface area contributed by atoms with Crippen LogP contribution in [0.5, 0.6) is 0 Å². The molecule has 2 unspecified atom stereocenters. The first-order chi connectivity index (χ1) is 8.19. The molecule has 1 aliphatic heterocycles. The third-order valence-corrected chi connectivity index (χ3v) is 3.47. The molecular formula is C13H22N4. The molecule has 1 aliphatic rings. The molecule has 0 saturated carbocycles. The second-order valence-corrected chi connectivity index (χ2v) is 4.89. The zero-order valence-corrected chi connectivity index (χ0v) is 11.0. The lowest BCUT2D eigenvalue weighted by molar-refractivity contribution is 0.130. The minimum Gasteiger partial charge on any atom is -0.311 e. The van der Waals surface area contributed by atoms with Gasteiger partial charge in [-0.3, -0.25) is 4.90 Å². The molecule has 0 radical (unpaired) electrons. The van der Waals surface area contributed by atoms with Gasteiger partial charge in [-0.2, -0.15) is 0 Å². The topological polar surface area (TPSA) is 41.1 Å². The van der Waals surface area contributed by atoms with Crippen LogP contribution in [0, 0.1) is 6.92 Å². The van der Waals surface area contributed by atoms with Crippen LogP contribution in [0.4, 0.5) is 0 Å². The highest BCUT2D eigenvalue weighted by atomic mass is 15.2. The smallest absolute Gasteiger partial charge is 0.125 e. The number of nitrogens with one attached hydrogen (secondary N) is 1. The molecule has 1 aromatic rings. The number of rotatable bonds is 3. The van der Waals surface area contributed by atoms with Gasteiger partial charge in [0.25, 0.3) is 0 Å². The minimum absolute atomic E-state index is 0.577. The van der Waals surface area contributed by atoms with Gasteiger partial charge in [0.05, 0.1) is 5.69 Å². The monoisotopic (exact) mass is 234 g/mol. The van der Waals surface area contributed by atoms with Crippen LogP contribution in [0.1, 0.15) is 31.8 Å². The molecule has 0 bridgehead atoms. The third kappa shape index (κ3) is 3.23. The van der Waals surface area contributed by atoms with Crippen molar-refractivity contribution in [2.24, 2.45) is 0 Å². The lowest BCUT2D eigenvalue weighted by Gasteiger charge is -2.38. The normalized spacial score (nSPS) is 26.1. The molecule has 2 rings (SSSR count). The Bertz CT molecular complexity index is 366. The van der Waals surface area contributed by atoms with E-state index in [2.05, 4.69) is 34.0 Å². The Kier molecular flexibility index (Phi) is 4.07. The van der Waals surface area contributed by atoms with Gasteiger partial charge in [-0.05, 0) is 26.3 Å². The number of piperazine rings is 1. The summed E-state index contributed by atoms with van der Waals surface area (Å²) in [7, 11) is 0. The maximum atomic E-state index is 4.48. The molecule has 1 N–H and O–H groups in total. The van der Waals surface area contributed by atoms with Crippen molar-refractivity contribution >= 4 is 0 Å². The fourth-order valence-corrected chi connectivity index (χ4v) is 2.29. The van der Waals surface area contributed by atoms with E-state index in [4.69, 9.17) is 0 Å². The number of aromatic nitrogens is 2. The maximum absolute atomic E-state index is 4.48. The van der Waals surface area contributed by atoms with Gasteiger partial charge in [0.15, 0.2) is 0 Å². The minimum atomic E-state index is 0.577. The van der Waals surface area contributed by atoms with Gasteiger partial charge < -0.3 is 5.32 Å². The van der Waals surface area contributed by atoms with Crippen LogP contribution < -0.4 is 5.32 Å². The van der Waals surface area contributed by atoms with Crippen molar-refractivity contribution < 1.29 is 0 Å². The molecule has 2 heterocycles. The van der Waals surface area contributed by atoms with E-state index in [1.54, 1.807) is 0 Å². The van der Waals surface area contributed by atoms with Gasteiger partial charge in [0, 0.05) is 37.9 Å². The number of hydrogen-bond donors (Lipinski definition) is 1. The lowest BCUT2D eigenvalue weighted by atomic mass is 10.1. The van der Waals surface area contributed by atoms with Crippen LogP contribution in [0.2, 0.25) is 0 Å². The predicted octanol–water partition coefficient (Wildman–Crippen LogP) is 1.36. The highest BCUT2D eigenvalue weighted by Gasteiger charge is 2.23. The predicted molar refractivity (Wildman–Crippen MR) is 68.7 cm³/mol. The summed E-state index contributed by atoms with van der Waals surface area (Å²) in [6, 6.07) is 3.21. The molecule has 0 aliphatic carbocycles. The third-order valence-electron chi connectivity index (χ3n) is 3.47. The van der Waals surface area contributed by atoms with Crippen LogP contribution in [-0.2, 0) is 6.54 Å². The van der Waals surface area contributed by atoms with E-state index in [1.165, 1.54) is 6.42 Å². The molecule has 1 saturated heterocycles. The summed E-state index contributed by atoms with van der Waals surface area (Å²) in [4.78, 5) is 11.1. The van der Waals surface area contributed by atoms with E-state index in [1.807, 2.05) is 19.2 Å². The number of nitrogens with zero attached hydrogens (tertiary/aromatic N) is 3. The second kappa shape index (κ2) is 5.56. The van der Waals surface area contributed by atoms with Crippen molar-refractivity contribution in [2.45, 2.75) is 45.8 Å². The average molecular weight is 234 g/mol. The highest BCUT2D eigenvalue weighted by Crippen LogP contribution is 2.12. The van der Waals surface area contributed by atoms with Crippen molar-refractivity contribution in [3.05, 3.63) is 23.8 Å². The summed E-state index contributed by atoms with van der Waals surface area (Å²) < 4.78 is 0. The SMILES string of the molecule is CCC1CN(Cc2ccnc(C)n2)C(C)CN1. The average Bonchev–Trinajstić information content (AvgIpc) is 2.32. The number of aryl methyl sites for hydroxylation is 1. The molecule has 0 spiro atoms. The Morgan fingerprint density at radius 3 is 3.06 bits per heavy atom. The van der Waals surface area contributed by atoms with Crippen molar-refractivity contribution in [2.75, 3.05) is 13.1 Å². The Hall–Kier alpha value is -1.00. The fourth-order valence-electron chi connectivity index (χ4n) is 2.29.